The SMILES string of the molecule is Fc1c(Cl)cc(NCc2c[nH]c3cc(Cl)ccc23)cc1Cl. The van der Waals surface area contributed by atoms with Crippen molar-refractivity contribution in [2.75, 3.05) is 5.32 Å². The molecule has 1 heterocycles. The number of halogens is 4. The molecule has 0 amide bonds. The predicted molar refractivity (Wildman–Crippen MR) is 87.1 cm³/mol. The molecular formula is C15H10Cl3FN2. The van der Waals surface area contributed by atoms with Gasteiger partial charge in [-0.1, -0.05) is 40.9 Å². The first-order valence-corrected chi connectivity index (χ1v) is 7.32. The molecular weight excluding hydrogens is 334 g/mol. The standard InChI is InChI=1S/C15H10Cl3FN2/c16-9-1-2-11-8(7-21-14(11)3-9)6-20-10-4-12(17)15(19)13(18)5-10/h1-5,7,20-21H,6H2. The molecule has 0 unspecified atom stereocenters. The minimum Gasteiger partial charge on any atom is -0.381 e. The summed E-state index contributed by atoms with van der Waals surface area (Å²) in [6, 6.07) is 8.68. The van der Waals surface area contributed by atoms with Gasteiger partial charge in [0.05, 0.1) is 10.0 Å². The molecule has 0 aliphatic rings. The summed E-state index contributed by atoms with van der Waals surface area (Å²) in [5.74, 6) is -0.606. The Kier molecular flexibility index (Phi) is 3.98. The monoisotopic (exact) mass is 342 g/mol. The van der Waals surface area contributed by atoms with Crippen LogP contribution in [0, 0.1) is 5.82 Å². The van der Waals surface area contributed by atoms with Crippen molar-refractivity contribution in [3.05, 3.63) is 63.0 Å². The molecule has 0 bridgehead atoms. The first-order chi connectivity index (χ1) is 10.0. The summed E-state index contributed by atoms with van der Waals surface area (Å²) in [5, 5.41) is 4.92. The number of hydrogen-bond acceptors (Lipinski definition) is 1. The molecule has 0 spiro atoms. The number of H-pyrrole nitrogens is 1. The van der Waals surface area contributed by atoms with E-state index in [0.717, 1.165) is 16.5 Å². The lowest BCUT2D eigenvalue weighted by molar-refractivity contribution is 0.629. The minimum atomic E-state index is -0.606. The molecule has 21 heavy (non-hydrogen) atoms. The molecule has 0 fully saturated rings. The molecule has 2 aromatic carbocycles. The minimum absolute atomic E-state index is 0.00397. The third-order valence-corrected chi connectivity index (χ3v) is 3.98. The number of nitrogens with one attached hydrogen (secondary N) is 2. The fourth-order valence-electron chi connectivity index (χ4n) is 2.16. The molecule has 3 aromatic rings. The number of aromatic nitrogens is 1. The molecule has 2 N–H and O–H groups in total. The van der Waals surface area contributed by atoms with E-state index in [9.17, 15) is 4.39 Å². The molecule has 3 rings (SSSR count). The van der Waals surface area contributed by atoms with Gasteiger partial charge in [-0.25, -0.2) is 4.39 Å². The van der Waals surface area contributed by atoms with Gasteiger partial charge >= 0.3 is 0 Å². The first kappa shape index (κ1) is 14.5. The van der Waals surface area contributed by atoms with Crippen molar-refractivity contribution in [3.63, 3.8) is 0 Å². The average molecular weight is 344 g/mol. The van der Waals surface area contributed by atoms with E-state index < -0.39 is 5.82 Å². The van der Waals surface area contributed by atoms with Crippen LogP contribution in [-0.4, -0.2) is 4.98 Å². The number of benzene rings is 2. The van der Waals surface area contributed by atoms with Gasteiger partial charge in [-0.3, -0.25) is 0 Å². The fourth-order valence-corrected chi connectivity index (χ4v) is 2.82. The highest BCUT2D eigenvalue weighted by atomic mass is 35.5. The molecule has 0 saturated carbocycles. The Hall–Kier alpha value is -1.42. The lowest BCUT2D eigenvalue weighted by Crippen LogP contribution is -1.99. The molecule has 0 radical (unpaired) electrons. The predicted octanol–water partition coefficient (Wildman–Crippen LogP) is 5.88. The molecule has 0 aliphatic heterocycles. The Balaban J connectivity index is 1.83. The van der Waals surface area contributed by atoms with Crippen LogP contribution < -0.4 is 5.32 Å². The van der Waals surface area contributed by atoms with Crippen LogP contribution in [0.15, 0.2) is 36.5 Å². The van der Waals surface area contributed by atoms with Crippen molar-refractivity contribution in [1.29, 1.82) is 0 Å². The highest BCUT2D eigenvalue weighted by Gasteiger charge is 2.08. The van der Waals surface area contributed by atoms with Gasteiger partial charge < -0.3 is 10.3 Å². The van der Waals surface area contributed by atoms with Crippen LogP contribution in [0.25, 0.3) is 10.9 Å². The van der Waals surface area contributed by atoms with Crippen molar-refractivity contribution >= 4 is 51.4 Å². The molecule has 0 saturated heterocycles. The highest BCUT2D eigenvalue weighted by molar-refractivity contribution is 6.35. The Bertz CT molecular complexity index is 791. The second kappa shape index (κ2) is 5.76. The van der Waals surface area contributed by atoms with Crippen molar-refractivity contribution < 1.29 is 4.39 Å². The summed E-state index contributed by atoms with van der Waals surface area (Å²) in [5.41, 5.74) is 2.70. The van der Waals surface area contributed by atoms with Crippen molar-refractivity contribution in [3.8, 4) is 0 Å². The van der Waals surface area contributed by atoms with E-state index in [1.165, 1.54) is 12.1 Å². The smallest absolute Gasteiger partial charge is 0.160 e. The van der Waals surface area contributed by atoms with Crippen LogP contribution in [0.3, 0.4) is 0 Å². The summed E-state index contributed by atoms with van der Waals surface area (Å²) in [6.07, 6.45) is 1.90. The second-order valence-corrected chi connectivity index (χ2v) is 5.86. The third kappa shape index (κ3) is 2.95. The van der Waals surface area contributed by atoms with E-state index in [4.69, 9.17) is 34.8 Å². The van der Waals surface area contributed by atoms with Gasteiger partial charge in [0.15, 0.2) is 5.82 Å². The number of rotatable bonds is 3. The maximum absolute atomic E-state index is 13.4. The Morgan fingerprint density at radius 2 is 1.76 bits per heavy atom. The van der Waals surface area contributed by atoms with Gasteiger partial charge in [-0.05, 0) is 29.8 Å². The lowest BCUT2D eigenvalue weighted by Gasteiger charge is -2.08. The Morgan fingerprint density at radius 3 is 2.48 bits per heavy atom. The lowest BCUT2D eigenvalue weighted by atomic mass is 10.1. The molecule has 0 atom stereocenters. The van der Waals surface area contributed by atoms with Gasteiger partial charge in [0.2, 0.25) is 0 Å². The average Bonchev–Trinajstić information content (AvgIpc) is 2.84. The summed E-state index contributed by atoms with van der Waals surface area (Å²) in [7, 11) is 0. The number of hydrogen-bond donors (Lipinski definition) is 2. The van der Waals surface area contributed by atoms with Crippen molar-refractivity contribution in [1.82, 2.24) is 4.98 Å². The highest BCUT2D eigenvalue weighted by Crippen LogP contribution is 2.28. The van der Waals surface area contributed by atoms with E-state index in [-0.39, 0.29) is 10.0 Å². The molecule has 108 valence electrons. The van der Waals surface area contributed by atoms with Crippen LogP contribution in [0.4, 0.5) is 10.1 Å². The number of fused-ring (bicyclic) bond motifs is 1. The van der Waals surface area contributed by atoms with Crippen LogP contribution in [0.5, 0.6) is 0 Å². The summed E-state index contributed by atoms with van der Waals surface area (Å²) in [6.45, 7) is 0.555. The fraction of sp³-hybridized carbons (Fsp3) is 0.0667. The quantitative estimate of drug-likeness (QED) is 0.571. The van der Waals surface area contributed by atoms with Crippen LogP contribution in [-0.2, 0) is 6.54 Å². The summed E-state index contributed by atoms with van der Waals surface area (Å²) < 4.78 is 13.4. The zero-order valence-electron chi connectivity index (χ0n) is 10.7. The number of aromatic amines is 1. The van der Waals surface area contributed by atoms with Crippen LogP contribution in [0.1, 0.15) is 5.56 Å². The molecule has 2 nitrogen and oxygen atoms in total. The van der Waals surface area contributed by atoms with E-state index in [0.29, 0.717) is 17.3 Å². The second-order valence-electron chi connectivity index (χ2n) is 4.61. The van der Waals surface area contributed by atoms with Crippen molar-refractivity contribution in [2.24, 2.45) is 0 Å². The van der Waals surface area contributed by atoms with Gasteiger partial charge in [0, 0.05) is 34.4 Å². The Morgan fingerprint density at radius 1 is 1.05 bits per heavy atom. The molecule has 0 aliphatic carbocycles. The maximum Gasteiger partial charge on any atom is 0.160 e. The van der Waals surface area contributed by atoms with Gasteiger partial charge in [-0.2, -0.15) is 0 Å². The largest absolute Gasteiger partial charge is 0.381 e. The van der Waals surface area contributed by atoms with E-state index in [1.54, 1.807) is 0 Å². The van der Waals surface area contributed by atoms with E-state index >= 15 is 0 Å². The first-order valence-electron chi connectivity index (χ1n) is 6.18. The van der Waals surface area contributed by atoms with Gasteiger partial charge in [-0.15, -0.1) is 0 Å². The normalized spacial score (nSPS) is 11.0. The zero-order valence-corrected chi connectivity index (χ0v) is 13.0. The topological polar surface area (TPSA) is 27.8 Å². The van der Waals surface area contributed by atoms with Crippen molar-refractivity contribution in [2.45, 2.75) is 6.54 Å². The van der Waals surface area contributed by atoms with E-state index in [1.807, 2.05) is 24.4 Å². The summed E-state index contributed by atoms with van der Waals surface area (Å²) in [4.78, 5) is 3.16. The molecule has 6 heteroatoms. The summed E-state index contributed by atoms with van der Waals surface area (Å²) >= 11 is 17.5. The van der Waals surface area contributed by atoms with E-state index in [2.05, 4.69) is 10.3 Å². The third-order valence-electron chi connectivity index (χ3n) is 3.20. The number of anilines is 1. The van der Waals surface area contributed by atoms with Crippen LogP contribution in [0.2, 0.25) is 15.1 Å². The zero-order chi connectivity index (χ0) is 15.0. The van der Waals surface area contributed by atoms with Gasteiger partial charge in [0.25, 0.3) is 0 Å². The molecule has 1 aromatic heterocycles. The van der Waals surface area contributed by atoms with Crippen LogP contribution >= 0.6 is 34.8 Å². The van der Waals surface area contributed by atoms with Gasteiger partial charge in [0.1, 0.15) is 0 Å². The maximum atomic E-state index is 13.4. The Labute approximate surface area is 135 Å².